The summed E-state index contributed by atoms with van der Waals surface area (Å²) in [5, 5.41) is 0.573. The molecule has 1 aromatic rings. The van der Waals surface area contributed by atoms with Crippen molar-refractivity contribution in [3.63, 3.8) is 0 Å². The number of nitrogens with zero attached hydrogens (tertiary/aromatic N) is 2. The highest BCUT2D eigenvalue weighted by Gasteiger charge is 2.21. The Labute approximate surface area is 103 Å². The standard InChI is InChI=1S/C13H19ClN2/c1-10-5-11(2)8-16(7-10)9-12-3-4-13(14)15-6-12/h3-4,6,10-11H,5,7-9H2,1-2H3. The summed E-state index contributed by atoms with van der Waals surface area (Å²) >= 11 is 5.78. The largest absolute Gasteiger partial charge is 0.298 e. The van der Waals surface area contributed by atoms with E-state index in [0.717, 1.165) is 18.4 Å². The lowest BCUT2D eigenvalue weighted by Gasteiger charge is -2.34. The number of halogens is 1. The second kappa shape index (κ2) is 5.15. The molecule has 2 unspecified atom stereocenters. The highest BCUT2D eigenvalue weighted by molar-refractivity contribution is 6.29. The Balaban J connectivity index is 1.96. The highest BCUT2D eigenvalue weighted by Crippen LogP contribution is 2.22. The normalized spacial score (nSPS) is 26.9. The van der Waals surface area contributed by atoms with Gasteiger partial charge in [0.15, 0.2) is 0 Å². The Morgan fingerprint density at radius 2 is 2.00 bits per heavy atom. The predicted octanol–water partition coefficient (Wildman–Crippen LogP) is 3.21. The van der Waals surface area contributed by atoms with Crippen molar-refractivity contribution in [3.05, 3.63) is 29.0 Å². The van der Waals surface area contributed by atoms with Crippen LogP contribution in [0.3, 0.4) is 0 Å². The Morgan fingerprint density at radius 3 is 2.56 bits per heavy atom. The molecule has 1 saturated heterocycles. The van der Waals surface area contributed by atoms with Crippen LogP contribution in [0.5, 0.6) is 0 Å². The van der Waals surface area contributed by atoms with Gasteiger partial charge in [-0.2, -0.15) is 0 Å². The van der Waals surface area contributed by atoms with Crippen molar-refractivity contribution in [2.45, 2.75) is 26.8 Å². The molecule has 0 aliphatic carbocycles. The minimum atomic E-state index is 0.573. The third-order valence-corrected chi connectivity index (χ3v) is 3.36. The summed E-state index contributed by atoms with van der Waals surface area (Å²) in [6.45, 7) is 8.07. The van der Waals surface area contributed by atoms with Crippen LogP contribution in [-0.4, -0.2) is 23.0 Å². The second-order valence-electron chi connectivity index (χ2n) is 5.13. The van der Waals surface area contributed by atoms with Crippen LogP contribution in [0.2, 0.25) is 5.15 Å². The van der Waals surface area contributed by atoms with Crippen molar-refractivity contribution < 1.29 is 0 Å². The fourth-order valence-corrected chi connectivity index (χ4v) is 2.79. The predicted molar refractivity (Wildman–Crippen MR) is 67.5 cm³/mol. The van der Waals surface area contributed by atoms with Crippen LogP contribution in [0, 0.1) is 11.8 Å². The first-order valence-corrected chi connectivity index (χ1v) is 6.34. The van der Waals surface area contributed by atoms with Crippen molar-refractivity contribution in [2.75, 3.05) is 13.1 Å². The zero-order chi connectivity index (χ0) is 11.5. The summed E-state index contributed by atoms with van der Waals surface area (Å²) in [6, 6.07) is 3.94. The molecule has 1 aliphatic heterocycles. The molecule has 0 aromatic carbocycles. The Morgan fingerprint density at radius 1 is 1.31 bits per heavy atom. The molecule has 0 amide bonds. The quantitative estimate of drug-likeness (QED) is 0.736. The van der Waals surface area contributed by atoms with Crippen LogP contribution in [0.4, 0.5) is 0 Å². The summed E-state index contributed by atoms with van der Waals surface area (Å²) in [5.41, 5.74) is 1.26. The molecule has 0 radical (unpaired) electrons. The lowest BCUT2D eigenvalue weighted by atomic mass is 9.92. The van der Waals surface area contributed by atoms with E-state index in [9.17, 15) is 0 Å². The zero-order valence-corrected chi connectivity index (χ0v) is 10.7. The molecule has 1 aromatic heterocycles. The maximum Gasteiger partial charge on any atom is 0.129 e. The van der Waals surface area contributed by atoms with Gasteiger partial charge in [0.25, 0.3) is 0 Å². The van der Waals surface area contributed by atoms with E-state index >= 15 is 0 Å². The van der Waals surface area contributed by atoms with Crippen LogP contribution in [0.25, 0.3) is 0 Å². The summed E-state index contributed by atoms with van der Waals surface area (Å²) < 4.78 is 0. The number of hydrogen-bond donors (Lipinski definition) is 0. The van der Waals surface area contributed by atoms with Crippen LogP contribution < -0.4 is 0 Å². The van der Waals surface area contributed by atoms with Crippen LogP contribution in [0.1, 0.15) is 25.8 Å². The van der Waals surface area contributed by atoms with Gasteiger partial charge < -0.3 is 0 Å². The molecule has 2 nitrogen and oxygen atoms in total. The van der Waals surface area contributed by atoms with Crippen molar-refractivity contribution in [2.24, 2.45) is 11.8 Å². The van der Waals surface area contributed by atoms with Gasteiger partial charge in [-0.25, -0.2) is 4.98 Å². The lowest BCUT2D eigenvalue weighted by molar-refractivity contribution is 0.134. The number of rotatable bonds is 2. The van der Waals surface area contributed by atoms with E-state index in [-0.39, 0.29) is 0 Å². The second-order valence-corrected chi connectivity index (χ2v) is 5.52. The van der Waals surface area contributed by atoms with E-state index in [1.54, 1.807) is 0 Å². The van der Waals surface area contributed by atoms with E-state index in [4.69, 9.17) is 11.6 Å². The minimum Gasteiger partial charge on any atom is -0.298 e. The van der Waals surface area contributed by atoms with Crippen molar-refractivity contribution in [1.29, 1.82) is 0 Å². The Kier molecular flexibility index (Phi) is 3.82. The van der Waals surface area contributed by atoms with Gasteiger partial charge in [-0.1, -0.05) is 31.5 Å². The van der Waals surface area contributed by atoms with Gasteiger partial charge in [-0.05, 0) is 29.9 Å². The number of hydrogen-bond acceptors (Lipinski definition) is 2. The van der Waals surface area contributed by atoms with E-state index in [0.29, 0.717) is 5.15 Å². The van der Waals surface area contributed by atoms with Crippen LogP contribution in [0.15, 0.2) is 18.3 Å². The molecule has 0 N–H and O–H groups in total. The van der Waals surface area contributed by atoms with Crippen molar-refractivity contribution in [1.82, 2.24) is 9.88 Å². The number of piperidine rings is 1. The molecule has 2 heterocycles. The number of aromatic nitrogens is 1. The molecule has 2 rings (SSSR count). The lowest BCUT2D eigenvalue weighted by Crippen LogP contribution is -2.38. The van der Waals surface area contributed by atoms with Gasteiger partial charge in [0, 0.05) is 25.8 Å². The maximum atomic E-state index is 5.78. The van der Waals surface area contributed by atoms with E-state index in [2.05, 4.69) is 29.8 Å². The van der Waals surface area contributed by atoms with Gasteiger partial charge in [-0.3, -0.25) is 4.90 Å². The van der Waals surface area contributed by atoms with Gasteiger partial charge in [0.1, 0.15) is 5.15 Å². The monoisotopic (exact) mass is 238 g/mol. The summed E-state index contributed by atoms with van der Waals surface area (Å²) in [6.07, 6.45) is 3.24. The van der Waals surface area contributed by atoms with Crippen LogP contribution in [-0.2, 0) is 6.54 Å². The molecule has 88 valence electrons. The molecule has 16 heavy (non-hydrogen) atoms. The van der Waals surface area contributed by atoms with E-state index in [1.807, 2.05) is 12.3 Å². The Hall–Kier alpha value is -0.600. The Bertz CT molecular complexity index is 326. The van der Waals surface area contributed by atoms with Crippen molar-refractivity contribution >= 4 is 11.6 Å². The molecule has 0 spiro atoms. The van der Waals surface area contributed by atoms with E-state index < -0.39 is 0 Å². The average Bonchev–Trinajstić information content (AvgIpc) is 2.20. The van der Waals surface area contributed by atoms with Crippen LogP contribution >= 0.6 is 11.6 Å². The van der Waals surface area contributed by atoms with E-state index in [1.165, 1.54) is 25.1 Å². The van der Waals surface area contributed by atoms with Gasteiger partial charge >= 0.3 is 0 Å². The molecule has 3 heteroatoms. The molecular formula is C13H19ClN2. The first-order valence-electron chi connectivity index (χ1n) is 5.96. The summed E-state index contributed by atoms with van der Waals surface area (Å²) in [4.78, 5) is 6.64. The molecule has 1 aliphatic rings. The average molecular weight is 239 g/mol. The third kappa shape index (κ3) is 3.19. The number of pyridine rings is 1. The molecule has 2 atom stereocenters. The maximum absolute atomic E-state index is 5.78. The fraction of sp³-hybridized carbons (Fsp3) is 0.615. The third-order valence-electron chi connectivity index (χ3n) is 3.14. The molecule has 0 bridgehead atoms. The van der Waals surface area contributed by atoms with Gasteiger partial charge in [0.05, 0.1) is 0 Å². The first kappa shape index (κ1) is 11.9. The smallest absolute Gasteiger partial charge is 0.129 e. The first-order chi connectivity index (χ1) is 7.63. The minimum absolute atomic E-state index is 0.573. The van der Waals surface area contributed by atoms with Gasteiger partial charge in [-0.15, -0.1) is 0 Å². The summed E-state index contributed by atoms with van der Waals surface area (Å²) in [7, 11) is 0. The van der Waals surface area contributed by atoms with Crippen molar-refractivity contribution in [3.8, 4) is 0 Å². The highest BCUT2D eigenvalue weighted by atomic mass is 35.5. The molecule has 0 saturated carbocycles. The zero-order valence-electron chi connectivity index (χ0n) is 9.99. The summed E-state index contributed by atoms with van der Waals surface area (Å²) in [5.74, 6) is 1.62. The molecule has 1 fully saturated rings. The number of likely N-dealkylation sites (tertiary alicyclic amines) is 1. The molecular weight excluding hydrogens is 220 g/mol. The fourth-order valence-electron chi connectivity index (χ4n) is 2.68. The van der Waals surface area contributed by atoms with Gasteiger partial charge in [0.2, 0.25) is 0 Å². The SMILES string of the molecule is CC1CC(C)CN(Cc2ccc(Cl)nc2)C1. The topological polar surface area (TPSA) is 16.1 Å².